The van der Waals surface area contributed by atoms with Crippen LogP contribution in [0.25, 0.3) is 6.08 Å². The summed E-state index contributed by atoms with van der Waals surface area (Å²) < 4.78 is 5.24. The van der Waals surface area contributed by atoms with E-state index in [1.165, 1.54) is 25.3 Å². The number of carbonyl (C=O) groups is 1. The Balaban J connectivity index is 1.64. The number of hydrogen-bond acceptors (Lipinski definition) is 7. The van der Waals surface area contributed by atoms with Gasteiger partial charge in [-0.05, 0) is 43.0 Å². The number of carbonyl (C=O) groups excluding carboxylic acids is 1. The molecule has 0 bridgehead atoms. The quantitative estimate of drug-likeness (QED) is 0.410. The summed E-state index contributed by atoms with van der Waals surface area (Å²) in [6.07, 6.45) is 1.59. The topological polar surface area (TPSA) is 126 Å². The van der Waals surface area contributed by atoms with Gasteiger partial charge in [0.2, 0.25) is 0 Å². The van der Waals surface area contributed by atoms with Gasteiger partial charge >= 0.3 is 0 Å². The number of rotatable bonds is 5. The molecule has 156 valence electrons. The lowest BCUT2D eigenvalue weighted by Gasteiger charge is -2.37. The number of piperidine rings is 1. The normalized spacial score (nSPS) is 27.9. The van der Waals surface area contributed by atoms with Crippen LogP contribution in [0.3, 0.4) is 0 Å². The second-order valence-corrected chi connectivity index (χ2v) is 7.42. The van der Waals surface area contributed by atoms with Crippen molar-refractivity contribution in [1.82, 2.24) is 5.32 Å². The van der Waals surface area contributed by atoms with E-state index in [1.54, 1.807) is 0 Å². The number of hydrogen-bond donors (Lipinski definition) is 4. The first kappa shape index (κ1) is 21.3. The second-order valence-electron chi connectivity index (χ2n) is 7.42. The largest absolute Gasteiger partial charge is 0.394 e. The molecule has 2 saturated heterocycles. The molecule has 3 rings (SSSR count). The van der Waals surface area contributed by atoms with Crippen LogP contribution in [0.4, 0.5) is 5.69 Å². The van der Waals surface area contributed by atoms with Crippen molar-refractivity contribution in [1.29, 1.82) is 5.26 Å². The molecule has 4 atom stereocenters. The maximum Gasteiger partial charge on any atom is 0.262 e. The maximum atomic E-state index is 12.5. The number of aliphatic hydroxyl groups is 3. The van der Waals surface area contributed by atoms with Crippen molar-refractivity contribution in [3.05, 3.63) is 35.4 Å². The lowest BCUT2D eigenvalue weighted by Crippen LogP contribution is -2.60. The molecule has 2 fully saturated rings. The Labute approximate surface area is 170 Å². The first-order valence-electron chi connectivity index (χ1n) is 9.89. The van der Waals surface area contributed by atoms with E-state index in [1.807, 2.05) is 30.3 Å². The number of nitrogens with one attached hydrogen (secondary N) is 1. The maximum absolute atomic E-state index is 12.5. The van der Waals surface area contributed by atoms with Crippen LogP contribution in [0.15, 0.2) is 29.8 Å². The summed E-state index contributed by atoms with van der Waals surface area (Å²) in [5.41, 5.74) is 1.74. The minimum Gasteiger partial charge on any atom is -0.394 e. The third-order valence-corrected chi connectivity index (χ3v) is 5.42. The summed E-state index contributed by atoms with van der Waals surface area (Å²) in [6.45, 7) is 1.57. The van der Waals surface area contributed by atoms with Crippen molar-refractivity contribution in [3.8, 4) is 6.07 Å². The summed E-state index contributed by atoms with van der Waals surface area (Å²) in [7, 11) is 0. The summed E-state index contributed by atoms with van der Waals surface area (Å²) >= 11 is 0. The van der Waals surface area contributed by atoms with Crippen LogP contribution in [0.5, 0.6) is 0 Å². The minimum absolute atomic E-state index is 0.0710. The third kappa shape index (κ3) is 5.14. The van der Waals surface area contributed by atoms with Crippen LogP contribution in [0, 0.1) is 11.3 Å². The van der Waals surface area contributed by atoms with Gasteiger partial charge in [0.1, 0.15) is 30.0 Å². The van der Waals surface area contributed by atoms with Gasteiger partial charge < -0.3 is 30.3 Å². The Hall–Kier alpha value is -2.44. The van der Waals surface area contributed by atoms with E-state index in [0.29, 0.717) is 0 Å². The molecule has 4 N–H and O–H groups in total. The summed E-state index contributed by atoms with van der Waals surface area (Å²) in [5.74, 6) is -0.657. The molecule has 8 heteroatoms. The molecule has 2 aliphatic rings. The molecule has 0 radical (unpaired) electrons. The third-order valence-electron chi connectivity index (χ3n) is 5.42. The van der Waals surface area contributed by atoms with Gasteiger partial charge in [-0.2, -0.15) is 5.26 Å². The molecule has 0 aromatic heterocycles. The first-order valence-corrected chi connectivity index (χ1v) is 9.89. The van der Waals surface area contributed by atoms with Gasteiger partial charge in [-0.15, -0.1) is 0 Å². The van der Waals surface area contributed by atoms with E-state index < -0.39 is 36.9 Å². The molecule has 29 heavy (non-hydrogen) atoms. The zero-order valence-corrected chi connectivity index (χ0v) is 16.2. The van der Waals surface area contributed by atoms with Gasteiger partial charge in [0.05, 0.1) is 19.3 Å². The molecule has 2 heterocycles. The summed E-state index contributed by atoms with van der Waals surface area (Å²) in [4.78, 5) is 14.8. The van der Waals surface area contributed by atoms with Crippen LogP contribution in [0.1, 0.15) is 24.8 Å². The Morgan fingerprint density at radius 2 is 1.90 bits per heavy atom. The highest BCUT2D eigenvalue weighted by atomic mass is 16.5. The number of ether oxygens (including phenoxy) is 1. The molecule has 2 aliphatic heterocycles. The molecule has 1 aromatic rings. The van der Waals surface area contributed by atoms with Crippen molar-refractivity contribution in [2.24, 2.45) is 0 Å². The standard InChI is InChI=1S/C21H27N3O5/c22-11-15(21(28)23-17-13-29-18(12-25)20(27)19(17)26)10-14-4-6-16(7-5-14)24-8-2-1-3-9-24/h4-7,10,17-20,25-27H,1-3,8-9,12-13H2,(H,23,28)/b15-10+/t17-,18+,19+,20+/m0/s1. The molecule has 0 saturated carbocycles. The van der Waals surface area contributed by atoms with Gasteiger partial charge in [-0.3, -0.25) is 4.79 Å². The first-order chi connectivity index (χ1) is 14.0. The van der Waals surface area contributed by atoms with Gasteiger partial charge in [0, 0.05) is 18.8 Å². The number of nitrogens with zero attached hydrogens (tertiary/aromatic N) is 2. The monoisotopic (exact) mass is 401 g/mol. The van der Waals surface area contributed by atoms with E-state index >= 15 is 0 Å². The molecular weight excluding hydrogens is 374 g/mol. The Morgan fingerprint density at radius 1 is 1.21 bits per heavy atom. The fraction of sp³-hybridized carbons (Fsp3) is 0.524. The van der Waals surface area contributed by atoms with Crippen LogP contribution in [-0.2, 0) is 9.53 Å². The van der Waals surface area contributed by atoms with Crippen LogP contribution in [0.2, 0.25) is 0 Å². The van der Waals surface area contributed by atoms with Crippen LogP contribution >= 0.6 is 0 Å². The van der Waals surface area contributed by atoms with E-state index in [-0.39, 0.29) is 12.2 Å². The molecule has 0 unspecified atom stereocenters. The van der Waals surface area contributed by atoms with E-state index in [2.05, 4.69) is 10.2 Å². The number of anilines is 1. The zero-order chi connectivity index (χ0) is 20.8. The number of amides is 1. The van der Waals surface area contributed by atoms with Gasteiger partial charge in [0.15, 0.2) is 0 Å². The number of nitriles is 1. The number of aliphatic hydroxyl groups excluding tert-OH is 3. The van der Waals surface area contributed by atoms with Crippen LogP contribution in [-0.4, -0.2) is 71.9 Å². The fourth-order valence-corrected chi connectivity index (χ4v) is 3.66. The van der Waals surface area contributed by atoms with Crippen LogP contribution < -0.4 is 10.2 Å². The average molecular weight is 401 g/mol. The molecule has 1 amide bonds. The highest BCUT2D eigenvalue weighted by Crippen LogP contribution is 2.21. The van der Waals surface area contributed by atoms with Crippen molar-refractivity contribution in [2.75, 3.05) is 31.2 Å². The molecule has 0 aliphatic carbocycles. The predicted molar refractivity (Wildman–Crippen MR) is 107 cm³/mol. The predicted octanol–water partition coefficient (Wildman–Crippen LogP) is 0.182. The van der Waals surface area contributed by atoms with Crippen molar-refractivity contribution in [2.45, 2.75) is 43.6 Å². The van der Waals surface area contributed by atoms with E-state index in [0.717, 1.165) is 24.3 Å². The molecule has 1 aromatic carbocycles. The van der Waals surface area contributed by atoms with Crippen molar-refractivity contribution < 1.29 is 24.9 Å². The minimum atomic E-state index is -1.32. The Kier molecular flexibility index (Phi) is 7.23. The highest BCUT2D eigenvalue weighted by Gasteiger charge is 2.39. The second kappa shape index (κ2) is 9.85. The molecule has 8 nitrogen and oxygen atoms in total. The zero-order valence-electron chi connectivity index (χ0n) is 16.2. The average Bonchev–Trinajstić information content (AvgIpc) is 2.76. The van der Waals surface area contributed by atoms with Gasteiger partial charge in [0.25, 0.3) is 5.91 Å². The Morgan fingerprint density at radius 3 is 2.52 bits per heavy atom. The van der Waals surface area contributed by atoms with E-state index in [4.69, 9.17) is 9.84 Å². The van der Waals surface area contributed by atoms with Crippen molar-refractivity contribution in [3.63, 3.8) is 0 Å². The van der Waals surface area contributed by atoms with Gasteiger partial charge in [-0.1, -0.05) is 12.1 Å². The van der Waals surface area contributed by atoms with Gasteiger partial charge in [-0.25, -0.2) is 0 Å². The van der Waals surface area contributed by atoms with E-state index in [9.17, 15) is 20.3 Å². The SMILES string of the molecule is N#C/C(=C\c1ccc(N2CCCCC2)cc1)C(=O)N[C@H]1CO[C@H](CO)[C@@H](O)[C@@H]1O. The fourth-order valence-electron chi connectivity index (χ4n) is 3.66. The summed E-state index contributed by atoms with van der Waals surface area (Å²) in [5, 5.41) is 41.0. The van der Waals surface area contributed by atoms with Crippen molar-refractivity contribution >= 4 is 17.7 Å². The molecule has 0 spiro atoms. The lowest BCUT2D eigenvalue weighted by molar-refractivity contribution is -0.163. The Bertz CT molecular complexity index is 768. The highest BCUT2D eigenvalue weighted by molar-refractivity contribution is 6.01. The lowest BCUT2D eigenvalue weighted by atomic mass is 9.98. The number of benzene rings is 1. The molecular formula is C21H27N3O5. The summed E-state index contributed by atoms with van der Waals surface area (Å²) in [6, 6.07) is 8.69. The smallest absolute Gasteiger partial charge is 0.262 e.